The van der Waals surface area contributed by atoms with Gasteiger partial charge in [-0.25, -0.2) is 5.10 Å². The van der Waals surface area contributed by atoms with Gasteiger partial charge in [0, 0.05) is 0 Å². The van der Waals surface area contributed by atoms with Gasteiger partial charge in [-0.2, -0.15) is 8.78 Å². The van der Waals surface area contributed by atoms with Crippen LogP contribution in [0.2, 0.25) is 0 Å². The fraction of sp³-hybridized carbons (Fsp3) is 0.125. The molecular formula is C16H13F2N3O3. The average molecular weight is 333 g/mol. The summed E-state index contributed by atoms with van der Waals surface area (Å²) < 4.78 is 34.1. The van der Waals surface area contributed by atoms with Crippen molar-refractivity contribution in [2.75, 3.05) is 0 Å². The number of nitrogens with zero attached hydrogens (tertiary/aromatic N) is 2. The zero-order valence-electron chi connectivity index (χ0n) is 12.3. The molecule has 0 atom stereocenters. The summed E-state index contributed by atoms with van der Waals surface area (Å²) in [6.07, 6.45) is 0. The number of H-pyrrole nitrogens is 1. The maximum absolute atomic E-state index is 12.1. The third kappa shape index (κ3) is 3.66. The van der Waals surface area contributed by atoms with Crippen LogP contribution in [0.15, 0.2) is 48.5 Å². The number of alkyl halides is 2. The van der Waals surface area contributed by atoms with E-state index in [4.69, 9.17) is 9.84 Å². The molecule has 0 bridgehead atoms. The third-order valence-electron chi connectivity index (χ3n) is 3.22. The fourth-order valence-corrected chi connectivity index (χ4v) is 2.09. The molecule has 0 radical (unpaired) electrons. The Morgan fingerprint density at radius 3 is 2.08 bits per heavy atom. The summed E-state index contributed by atoms with van der Waals surface area (Å²) in [5.41, 5.74) is 2.05. The van der Waals surface area contributed by atoms with E-state index in [0.29, 0.717) is 11.4 Å². The number of aromatic nitrogens is 3. The Morgan fingerprint density at radius 2 is 1.54 bits per heavy atom. The van der Waals surface area contributed by atoms with Crippen LogP contribution in [-0.4, -0.2) is 27.1 Å². The highest BCUT2D eigenvalue weighted by atomic mass is 19.3. The van der Waals surface area contributed by atoms with Gasteiger partial charge in [-0.05, 0) is 35.4 Å². The Bertz CT molecular complexity index is 789. The summed E-state index contributed by atoms with van der Waals surface area (Å²) in [7, 11) is 0. The Balaban J connectivity index is 1.72. The zero-order valence-corrected chi connectivity index (χ0v) is 12.3. The predicted octanol–water partition coefficient (Wildman–Crippen LogP) is 3.36. The SMILES string of the molecule is OCc1nn[nH]c1Oc1ccc(-c2ccc(OC(F)F)cc2)cc1. The number of halogens is 2. The van der Waals surface area contributed by atoms with Crippen LogP contribution >= 0.6 is 0 Å². The lowest BCUT2D eigenvalue weighted by Crippen LogP contribution is -2.01. The van der Waals surface area contributed by atoms with E-state index in [1.165, 1.54) is 12.1 Å². The molecule has 0 saturated carbocycles. The molecule has 0 fully saturated rings. The number of benzene rings is 2. The number of aliphatic hydroxyl groups is 1. The average Bonchev–Trinajstić information content (AvgIpc) is 3.03. The lowest BCUT2D eigenvalue weighted by atomic mass is 10.1. The number of ether oxygens (including phenoxy) is 2. The molecule has 0 aliphatic heterocycles. The van der Waals surface area contributed by atoms with E-state index in [1.807, 2.05) is 12.1 Å². The molecule has 0 spiro atoms. The van der Waals surface area contributed by atoms with Gasteiger partial charge in [0.15, 0.2) is 5.69 Å². The molecule has 0 unspecified atom stereocenters. The molecule has 2 aromatic carbocycles. The molecule has 0 amide bonds. The van der Waals surface area contributed by atoms with Gasteiger partial charge in [0.05, 0.1) is 6.61 Å². The molecule has 0 saturated heterocycles. The van der Waals surface area contributed by atoms with Gasteiger partial charge in [-0.3, -0.25) is 0 Å². The fourth-order valence-electron chi connectivity index (χ4n) is 2.09. The lowest BCUT2D eigenvalue weighted by Gasteiger charge is -2.07. The van der Waals surface area contributed by atoms with Crippen molar-refractivity contribution < 1.29 is 23.4 Å². The first kappa shape index (κ1) is 15.9. The number of hydrogen-bond acceptors (Lipinski definition) is 5. The van der Waals surface area contributed by atoms with Crippen molar-refractivity contribution in [1.29, 1.82) is 0 Å². The summed E-state index contributed by atoms with van der Waals surface area (Å²) in [6.45, 7) is -3.12. The van der Waals surface area contributed by atoms with E-state index in [-0.39, 0.29) is 18.2 Å². The van der Waals surface area contributed by atoms with Crippen LogP contribution in [0.4, 0.5) is 8.78 Å². The summed E-state index contributed by atoms with van der Waals surface area (Å²) >= 11 is 0. The quantitative estimate of drug-likeness (QED) is 0.723. The molecule has 0 aliphatic rings. The van der Waals surface area contributed by atoms with Crippen LogP contribution in [0.5, 0.6) is 17.4 Å². The Hall–Kier alpha value is -3.00. The molecule has 6 nitrogen and oxygen atoms in total. The maximum atomic E-state index is 12.1. The Kier molecular flexibility index (Phi) is 4.66. The molecule has 3 aromatic rings. The van der Waals surface area contributed by atoms with Crippen LogP contribution in [0, 0.1) is 0 Å². The molecule has 2 N–H and O–H groups in total. The molecular weight excluding hydrogens is 320 g/mol. The van der Waals surface area contributed by atoms with Crippen molar-refractivity contribution in [3.8, 4) is 28.5 Å². The van der Waals surface area contributed by atoms with E-state index in [1.54, 1.807) is 24.3 Å². The first-order valence-corrected chi connectivity index (χ1v) is 6.99. The normalized spacial score (nSPS) is 10.8. The van der Waals surface area contributed by atoms with Gasteiger partial charge in [0.1, 0.15) is 11.5 Å². The van der Waals surface area contributed by atoms with Crippen molar-refractivity contribution in [2.24, 2.45) is 0 Å². The molecule has 1 heterocycles. The highest BCUT2D eigenvalue weighted by molar-refractivity contribution is 5.65. The minimum Gasteiger partial charge on any atom is -0.437 e. The van der Waals surface area contributed by atoms with Crippen LogP contribution < -0.4 is 9.47 Å². The van der Waals surface area contributed by atoms with Crippen molar-refractivity contribution in [3.05, 3.63) is 54.2 Å². The van der Waals surface area contributed by atoms with Gasteiger partial charge in [0.25, 0.3) is 0 Å². The van der Waals surface area contributed by atoms with Gasteiger partial charge < -0.3 is 14.6 Å². The first-order valence-electron chi connectivity index (χ1n) is 6.99. The number of rotatable bonds is 6. The van der Waals surface area contributed by atoms with E-state index in [0.717, 1.165) is 11.1 Å². The molecule has 8 heteroatoms. The number of nitrogens with one attached hydrogen (secondary N) is 1. The predicted molar refractivity (Wildman–Crippen MR) is 80.9 cm³/mol. The molecule has 24 heavy (non-hydrogen) atoms. The van der Waals surface area contributed by atoms with Crippen LogP contribution in [0.1, 0.15) is 5.69 Å². The van der Waals surface area contributed by atoms with Crippen molar-refractivity contribution in [3.63, 3.8) is 0 Å². The monoisotopic (exact) mass is 333 g/mol. The number of hydrogen-bond donors (Lipinski definition) is 2. The van der Waals surface area contributed by atoms with Crippen molar-refractivity contribution in [1.82, 2.24) is 15.4 Å². The van der Waals surface area contributed by atoms with Gasteiger partial charge in [-0.1, -0.05) is 29.5 Å². The summed E-state index contributed by atoms with van der Waals surface area (Å²) in [6, 6.07) is 13.5. The molecule has 124 valence electrons. The van der Waals surface area contributed by atoms with Crippen LogP contribution in [0.3, 0.4) is 0 Å². The van der Waals surface area contributed by atoms with Gasteiger partial charge >= 0.3 is 6.61 Å². The lowest BCUT2D eigenvalue weighted by molar-refractivity contribution is -0.0498. The van der Waals surface area contributed by atoms with E-state index in [2.05, 4.69) is 20.1 Å². The molecule has 3 rings (SSSR count). The first-order chi connectivity index (χ1) is 11.7. The third-order valence-corrected chi connectivity index (χ3v) is 3.22. The van der Waals surface area contributed by atoms with E-state index in [9.17, 15) is 8.78 Å². The zero-order chi connectivity index (χ0) is 16.9. The molecule has 0 aliphatic carbocycles. The topological polar surface area (TPSA) is 80.3 Å². The minimum absolute atomic E-state index is 0.108. The number of aliphatic hydroxyl groups excluding tert-OH is 1. The Morgan fingerprint density at radius 1 is 0.958 bits per heavy atom. The van der Waals surface area contributed by atoms with Crippen LogP contribution in [0.25, 0.3) is 11.1 Å². The summed E-state index contributed by atoms with van der Waals surface area (Å²) in [4.78, 5) is 0. The van der Waals surface area contributed by atoms with E-state index < -0.39 is 6.61 Å². The second kappa shape index (κ2) is 7.05. The standard InChI is InChI=1S/C16H13F2N3O3/c17-16(18)24-13-7-3-11(4-8-13)10-1-5-12(6-2-10)23-15-14(9-22)19-21-20-15/h1-8,16,22H,9H2,(H,19,20,21). The second-order valence-electron chi connectivity index (χ2n) is 4.78. The smallest absolute Gasteiger partial charge is 0.387 e. The summed E-state index contributed by atoms with van der Waals surface area (Å²) in [5, 5.41) is 18.9. The highest BCUT2D eigenvalue weighted by Crippen LogP contribution is 2.27. The van der Waals surface area contributed by atoms with Crippen molar-refractivity contribution in [2.45, 2.75) is 13.2 Å². The maximum Gasteiger partial charge on any atom is 0.387 e. The largest absolute Gasteiger partial charge is 0.437 e. The van der Waals surface area contributed by atoms with Crippen LogP contribution in [-0.2, 0) is 6.61 Å². The highest BCUT2D eigenvalue weighted by Gasteiger charge is 2.09. The Labute approximate surface area is 135 Å². The van der Waals surface area contributed by atoms with Crippen molar-refractivity contribution >= 4 is 0 Å². The summed E-state index contributed by atoms with van der Waals surface area (Å²) in [5.74, 6) is 0.924. The van der Waals surface area contributed by atoms with Gasteiger partial charge in [0.2, 0.25) is 5.88 Å². The minimum atomic E-state index is -2.84. The number of aromatic amines is 1. The van der Waals surface area contributed by atoms with Gasteiger partial charge in [-0.15, -0.1) is 5.10 Å². The second-order valence-corrected chi connectivity index (χ2v) is 4.78. The van der Waals surface area contributed by atoms with E-state index >= 15 is 0 Å². The molecule has 1 aromatic heterocycles.